The normalized spacial score (nSPS) is 24.3. The molecule has 5 N–H and O–H groups in total. The Bertz CT molecular complexity index is 387. The van der Waals surface area contributed by atoms with E-state index in [-0.39, 0.29) is 6.61 Å². The van der Waals surface area contributed by atoms with Crippen molar-refractivity contribution in [2.24, 2.45) is 0 Å². The molecule has 0 bridgehead atoms. The van der Waals surface area contributed by atoms with Crippen molar-refractivity contribution in [2.45, 2.75) is 18.6 Å². The van der Waals surface area contributed by atoms with E-state index in [2.05, 4.69) is 0 Å². The number of aliphatic hydroxyl groups is 3. The van der Waals surface area contributed by atoms with Gasteiger partial charge >= 0.3 is 0 Å². The van der Waals surface area contributed by atoms with Gasteiger partial charge in [0.15, 0.2) is 0 Å². The van der Waals surface area contributed by atoms with E-state index in [0.29, 0.717) is 25.2 Å². The van der Waals surface area contributed by atoms with Gasteiger partial charge in [-0.05, 0) is 30.2 Å². The van der Waals surface area contributed by atoms with Gasteiger partial charge in [0.1, 0.15) is 0 Å². The highest BCUT2D eigenvalue weighted by Gasteiger charge is 2.29. The molecule has 1 aromatic carbocycles. The highest BCUT2D eigenvalue weighted by molar-refractivity contribution is 5.59. The molecular weight excluding hydrogens is 220 g/mol. The van der Waals surface area contributed by atoms with Crippen LogP contribution in [0.2, 0.25) is 0 Å². The predicted octanol–water partition coefficient (Wildman–Crippen LogP) is -0.655. The molecule has 2 rings (SSSR count). The average Bonchev–Trinajstić information content (AvgIpc) is 2.63. The summed E-state index contributed by atoms with van der Waals surface area (Å²) in [5.41, 5.74) is 8.26. The minimum atomic E-state index is -0.700. The number of aliphatic hydroxyl groups excluding tert-OH is 3. The Morgan fingerprint density at radius 2 is 1.88 bits per heavy atom. The summed E-state index contributed by atoms with van der Waals surface area (Å²) in [6.07, 6.45) is -0.888. The molecular formula is C12H18N2O3. The van der Waals surface area contributed by atoms with Crippen molar-refractivity contribution in [3.8, 4) is 0 Å². The Kier molecular flexibility index (Phi) is 3.51. The molecule has 5 heteroatoms. The van der Waals surface area contributed by atoms with Crippen molar-refractivity contribution >= 4 is 11.4 Å². The first-order valence-electron chi connectivity index (χ1n) is 5.72. The standard InChI is InChI=1S/C12H18N2O3/c13-10-2-1-9(5-8(10)3-4-15)14-6-11(16)12(17)7-14/h1-2,5,11-12,15-17H,3-4,6-7,13H2. The summed E-state index contributed by atoms with van der Waals surface area (Å²) in [4.78, 5) is 1.91. The van der Waals surface area contributed by atoms with Gasteiger partial charge in [-0.15, -0.1) is 0 Å². The first-order valence-corrected chi connectivity index (χ1v) is 5.72. The third kappa shape index (κ3) is 2.52. The van der Waals surface area contributed by atoms with Crippen molar-refractivity contribution in [1.82, 2.24) is 0 Å². The van der Waals surface area contributed by atoms with E-state index >= 15 is 0 Å². The average molecular weight is 238 g/mol. The van der Waals surface area contributed by atoms with Gasteiger partial charge in [0, 0.05) is 31.1 Å². The molecule has 1 heterocycles. The number of nitrogen functional groups attached to an aromatic ring is 1. The Hall–Kier alpha value is -1.30. The van der Waals surface area contributed by atoms with E-state index in [1.165, 1.54) is 0 Å². The second kappa shape index (κ2) is 4.91. The van der Waals surface area contributed by atoms with Crippen LogP contribution in [0.5, 0.6) is 0 Å². The molecule has 0 aliphatic carbocycles. The van der Waals surface area contributed by atoms with Crippen molar-refractivity contribution in [3.63, 3.8) is 0 Å². The highest BCUT2D eigenvalue weighted by atomic mass is 16.3. The smallest absolute Gasteiger partial charge is 0.0990 e. The molecule has 1 fully saturated rings. The second-order valence-electron chi connectivity index (χ2n) is 4.40. The van der Waals surface area contributed by atoms with Crippen LogP contribution < -0.4 is 10.6 Å². The maximum atomic E-state index is 9.50. The number of β-amino-alcohol motifs (C(OH)–C–C–N with tert-alkyl or cyclic N) is 2. The van der Waals surface area contributed by atoms with Gasteiger partial charge in [0.25, 0.3) is 0 Å². The Morgan fingerprint density at radius 1 is 1.24 bits per heavy atom. The first kappa shape index (κ1) is 12.2. The molecule has 2 unspecified atom stereocenters. The lowest BCUT2D eigenvalue weighted by Crippen LogP contribution is -2.22. The molecule has 1 aliphatic rings. The number of nitrogens with zero attached hydrogens (tertiary/aromatic N) is 1. The van der Waals surface area contributed by atoms with Crippen LogP contribution in [0.25, 0.3) is 0 Å². The van der Waals surface area contributed by atoms with Crippen molar-refractivity contribution in [2.75, 3.05) is 30.3 Å². The second-order valence-corrected chi connectivity index (χ2v) is 4.40. The van der Waals surface area contributed by atoms with Crippen LogP contribution in [0.15, 0.2) is 18.2 Å². The summed E-state index contributed by atoms with van der Waals surface area (Å²) in [6, 6.07) is 5.55. The number of rotatable bonds is 3. The lowest BCUT2D eigenvalue weighted by atomic mass is 10.1. The molecule has 0 amide bonds. The van der Waals surface area contributed by atoms with Crippen molar-refractivity contribution < 1.29 is 15.3 Å². The molecule has 17 heavy (non-hydrogen) atoms. The number of hydrogen-bond acceptors (Lipinski definition) is 5. The maximum Gasteiger partial charge on any atom is 0.0990 e. The fourth-order valence-corrected chi connectivity index (χ4v) is 2.11. The molecule has 0 spiro atoms. The lowest BCUT2D eigenvalue weighted by Gasteiger charge is -2.19. The van der Waals surface area contributed by atoms with Gasteiger partial charge in [-0.2, -0.15) is 0 Å². The minimum Gasteiger partial charge on any atom is -0.399 e. The van der Waals surface area contributed by atoms with E-state index in [9.17, 15) is 10.2 Å². The largest absolute Gasteiger partial charge is 0.399 e. The topological polar surface area (TPSA) is 90.0 Å². The molecule has 94 valence electrons. The summed E-state index contributed by atoms with van der Waals surface area (Å²) in [6.45, 7) is 0.895. The summed E-state index contributed by atoms with van der Waals surface area (Å²) < 4.78 is 0. The Balaban J connectivity index is 2.19. The van der Waals surface area contributed by atoms with E-state index in [1.807, 2.05) is 17.0 Å². The van der Waals surface area contributed by atoms with Gasteiger partial charge in [-0.3, -0.25) is 0 Å². The van der Waals surface area contributed by atoms with Crippen LogP contribution in [-0.4, -0.2) is 47.2 Å². The molecule has 0 saturated carbocycles. The Labute approximate surface area is 100 Å². The van der Waals surface area contributed by atoms with Crippen LogP contribution in [0.4, 0.5) is 11.4 Å². The highest BCUT2D eigenvalue weighted by Crippen LogP contribution is 2.25. The van der Waals surface area contributed by atoms with Gasteiger partial charge in [0.05, 0.1) is 12.2 Å². The SMILES string of the molecule is Nc1ccc(N2CC(O)C(O)C2)cc1CCO. The first-order chi connectivity index (χ1) is 8.11. The summed E-state index contributed by atoms with van der Waals surface area (Å²) in [7, 11) is 0. The van der Waals surface area contributed by atoms with E-state index in [1.54, 1.807) is 6.07 Å². The van der Waals surface area contributed by atoms with E-state index in [4.69, 9.17) is 10.8 Å². The summed E-state index contributed by atoms with van der Waals surface area (Å²) in [5.74, 6) is 0. The summed E-state index contributed by atoms with van der Waals surface area (Å²) in [5, 5.41) is 27.9. The van der Waals surface area contributed by atoms with Crippen molar-refractivity contribution in [1.29, 1.82) is 0 Å². The van der Waals surface area contributed by atoms with Crippen LogP contribution in [0.1, 0.15) is 5.56 Å². The van der Waals surface area contributed by atoms with Crippen LogP contribution in [-0.2, 0) is 6.42 Å². The molecule has 1 saturated heterocycles. The van der Waals surface area contributed by atoms with Gasteiger partial charge < -0.3 is 26.0 Å². The number of benzene rings is 1. The molecule has 1 aromatic rings. The van der Waals surface area contributed by atoms with E-state index in [0.717, 1.165) is 11.3 Å². The zero-order valence-corrected chi connectivity index (χ0v) is 9.58. The predicted molar refractivity (Wildman–Crippen MR) is 65.9 cm³/mol. The Morgan fingerprint density at radius 3 is 2.47 bits per heavy atom. The van der Waals surface area contributed by atoms with Gasteiger partial charge in [-0.25, -0.2) is 0 Å². The fourth-order valence-electron chi connectivity index (χ4n) is 2.11. The minimum absolute atomic E-state index is 0.0545. The van der Waals surface area contributed by atoms with Crippen LogP contribution in [0.3, 0.4) is 0 Å². The van der Waals surface area contributed by atoms with Gasteiger partial charge in [-0.1, -0.05) is 0 Å². The molecule has 2 atom stereocenters. The van der Waals surface area contributed by atoms with Crippen LogP contribution in [0, 0.1) is 0 Å². The van der Waals surface area contributed by atoms with Crippen molar-refractivity contribution in [3.05, 3.63) is 23.8 Å². The summed E-state index contributed by atoms with van der Waals surface area (Å²) >= 11 is 0. The molecule has 0 radical (unpaired) electrons. The lowest BCUT2D eigenvalue weighted by molar-refractivity contribution is 0.0572. The number of anilines is 2. The van der Waals surface area contributed by atoms with Crippen LogP contribution >= 0.6 is 0 Å². The zero-order valence-electron chi connectivity index (χ0n) is 9.58. The molecule has 5 nitrogen and oxygen atoms in total. The zero-order chi connectivity index (χ0) is 12.4. The van der Waals surface area contributed by atoms with E-state index < -0.39 is 12.2 Å². The number of nitrogens with two attached hydrogens (primary N) is 1. The fraction of sp³-hybridized carbons (Fsp3) is 0.500. The quantitative estimate of drug-likeness (QED) is 0.525. The maximum absolute atomic E-state index is 9.50. The van der Waals surface area contributed by atoms with Gasteiger partial charge in [0.2, 0.25) is 0 Å². The molecule has 0 aromatic heterocycles. The third-order valence-corrected chi connectivity index (χ3v) is 3.13. The molecule has 1 aliphatic heterocycles. The number of hydrogen-bond donors (Lipinski definition) is 4. The monoisotopic (exact) mass is 238 g/mol. The third-order valence-electron chi connectivity index (χ3n) is 3.13.